The molecule has 4 N–H and O–H groups in total. The van der Waals surface area contributed by atoms with Crippen LogP contribution in [0.15, 0.2) is 71.3 Å². The van der Waals surface area contributed by atoms with E-state index >= 15 is 0 Å². The minimum absolute atomic E-state index is 0.318. The Bertz CT molecular complexity index is 1520. The van der Waals surface area contributed by atoms with Gasteiger partial charge in [-0.05, 0) is 55.7 Å². The van der Waals surface area contributed by atoms with E-state index in [0.717, 1.165) is 54.5 Å². The van der Waals surface area contributed by atoms with E-state index in [0.29, 0.717) is 35.6 Å². The lowest BCUT2D eigenvalue weighted by atomic mass is 9.98. The standard InChI is InChI=1S/C32H36N6O3S/c1-32(2,40)9-11-35-19-25-16-28(36-30(39)29-21-42-31(37-29)24-4-3-10-34-18-24)26(17-27(25)33)23-7-5-22(6-8-23)20-38-12-14-41-15-13-38/h3-8,10,16-19,21,40H,9,11-15,20,33H2,1-2H3,(H,36,39). The minimum Gasteiger partial charge on any atom is -0.398 e. The summed E-state index contributed by atoms with van der Waals surface area (Å²) in [6.07, 6.45) is 5.64. The van der Waals surface area contributed by atoms with Crippen molar-refractivity contribution in [3.63, 3.8) is 0 Å². The van der Waals surface area contributed by atoms with Crippen LogP contribution in [0.3, 0.4) is 0 Å². The number of ether oxygens (including phenoxy) is 1. The largest absolute Gasteiger partial charge is 0.398 e. The first kappa shape index (κ1) is 29.5. The molecule has 10 heteroatoms. The summed E-state index contributed by atoms with van der Waals surface area (Å²) in [6, 6.07) is 15.8. The van der Waals surface area contributed by atoms with Crippen LogP contribution in [0.1, 0.15) is 41.9 Å². The molecule has 1 amide bonds. The maximum Gasteiger partial charge on any atom is 0.275 e. The van der Waals surface area contributed by atoms with Gasteiger partial charge >= 0.3 is 0 Å². The molecule has 3 heterocycles. The molecule has 1 saturated heterocycles. The second-order valence-corrected chi connectivity index (χ2v) is 11.8. The molecule has 2 aromatic carbocycles. The number of benzene rings is 2. The van der Waals surface area contributed by atoms with Gasteiger partial charge in [-0.1, -0.05) is 24.3 Å². The van der Waals surface area contributed by atoms with Gasteiger partial charge in [-0.3, -0.25) is 19.7 Å². The highest BCUT2D eigenvalue weighted by atomic mass is 32.1. The van der Waals surface area contributed by atoms with E-state index in [-0.39, 0.29) is 5.91 Å². The number of aromatic nitrogens is 2. The van der Waals surface area contributed by atoms with Crippen molar-refractivity contribution < 1.29 is 14.6 Å². The van der Waals surface area contributed by atoms with Gasteiger partial charge in [-0.25, -0.2) is 4.98 Å². The molecule has 1 aliphatic heterocycles. The molecule has 9 nitrogen and oxygen atoms in total. The third-order valence-corrected chi connectivity index (χ3v) is 7.87. The predicted octanol–water partition coefficient (Wildman–Crippen LogP) is 5.12. The normalized spacial score (nSPS) is 14.4. The number of rotatable bonds is 10. The Balaban J connectivity index is 1.41. The minimum atomic E-state index is -0.804. The molecule has 2 aromatic heterocycles. The number of hydrogen-bond donors (Lipinski definition) is 3. The summed E-state index contributed by atoms with van der Waals surface area (Å²) in [5.41, 5.74) is 11.6. The summed E-state index contributed by atoms with van der Waals surface area (Å²) in [4.78, 5) is 28.9. The van der Waals surface area contributed by atoms with Crippen LogP contribution in [0.5, 0.6) is 0 Å². The van der Waals surface area contributed by atoms with E-state index in [1.54, 1.807) is 37.8 Å². The SMILES string of the molecule is CC(C)(O)CCN=Cc1cc(NC(=O)c2csc(-c3cccnc3)n2)c(-c2ccc(CN3CCOCC3)cc2)cc1N. The van der Waals surface area contributed by atoms with Crippen LogP contribution >= 0.6 is 11.3 Å². The number of pyridine rings is 1. The zero-order chi connectivity index (χ0) is 29.5. The van der Waals surface area contributed by atoms with E-state index in [1.807, 2.05) is 24.3 Å². The number of morpholine rings is 1. The third kappa shape index (κ3) is 7.86. The van der Waals surface area contributed by atoms with Crippen molar-refractivity contribution in [1.29, 1.82) is 0 Å². The summed E-state index contributed by atoms with van der Waals surface area (Å²) in [5.74, 6) is -0.318. The summed E-state index contributed by atoms with van der Waals surface area (Å²) in [7, 11) is 0. The van der Waals surface area contributed by atoms with Gasteiger partial charge in [0.15, 0.2) is 0 Å². The average Bonchev–Trinajstić information content (AvgIpc) is 3.48. The maximum atomic E-state index is 13.4. The third-order valence-electron chi connectivity index (χ3n) is 6.97. The van der Waals surface area contributed by atoms with Crippen molar-refractivity contribution in [3.8, 4) is 21.7 Å². The molecule has 42 heavy (non-hydrogen) atoms. The molecule has 218 valence electrons. The topological polar surface area (TPSA) is 126 Å². The lowest BCUT2D eigenvalue weighted by Gasteiger charge is -2.26. The van der Waals surface area contributed by atoms with Crippen molar-refractivity contribution >= 4 is 34.8 Å². The molecule has 1 aliphatic rings. The fourth-order valence-corrected chi connectivity index (χ4v) is 5.37. The Kier molecular flexibility index (Phi) is 9.38. The van der Waals surface area contributed by atoms with Gasteiger partial charge in [0.1, 0.15) is 10.7 Å². The summed E-state index contributed by atoms with van der Waals surface area (Å²) in [6.45, 7) is 8.19. The highest BCUT2D eigenvalue weighted by Crippen LogP contribution is 2.33. The number of hydrogen-bond acceptors (Lipinski definition) is 9. The van der Waals surface area contributed by atoms with Crippen molar-refractivity contribution in [2.45, 2.75) is 32.4 Å². The number of nitrogens with zero attached hydrogens (tertiary/aromatic N) is 4. The number of thiazole rings is 1. The summed E-state index contributed by atoms with van der Waals surface area (Å²) in [5, 5.41) is 15.5. The van der Waals surface area contributed by atoms with E-state index < -0.39 is 5.60 Å². The second kappa shape index (κ2) is 13.3. The van der Waals surface area contributed by atoms with Crippen molar-refractivity contribution in [2.75, 3.05) is 43.9 Å². The van der Waals surface area contributed by atoms with E-state index in [4.69, 9.17) is 10.5 Å². The van der Waals surface area contributed by atoms with Gasteiger partial charge in [-0.15, -0.1) is 11.3 Å². The molecule has 5 rings (SSSR count). The Hall–Kier alpha value is -3.96. The molecular weight excluding hydrogens is 548 g/mol. The predicted molar refractivity (Wildman–Crippen MR) is 169 cm³/mol. The number of amides is 1. The molecule has 0 bridgehead atoms. The van der Waals surface area contributed by atoms with Crippen LogP contribution in [-0.4, -0.2) is 70.5 Å². The molecule has 0 saturated carbocycles. The van der Waals surface area contributed by atoms with Gasteiger partial charge in [0, 0.05) is 78.2 Å². The molecular formula is C32H36N6O3S. The van der Waals surface area contributed by atoms with Crippen molar-refractivity contribution in [3.05, 3.63) is 83.1 Å². The number of nitrogen functional groups attached to an aromatic ring is 1. The molecule has 0 radical (unpaired) electrons. The van der Waals surface area contributed by atoms with Crippen LogP contribution < -0.4 is 11.1 Å². The zero-order valence-electron chi connectivity index (χ0n) is 23.9. The van der Waals surface area contributed by atoms with Crippen molar-refractivity contribution in [2.24, 2.45) is 4.99 Å². The molecule has 0 aliphatic carbocycles. The van der Waals surface area contributed by atoms with Gasteiger partial charge in [-0.2, -0.15) is 0 Å². The van der Waals surface area contributed by atoms with Crippen LogP contribution in [0.25, 0.3) is 21.7 Å². The number of nitrogens with one attached hydrogen (secondary N) is 1. The Morgan fingerprint density at radius 1 is 1.19 bits per heavy atom. The van der Waals surface area contributed by atoms with Crippen LogP contribution in [-0.2, 0) is 11.3 Å². The first-order chi connectivity index (χ1) is 20.2. The van der Waals surface area contributed by atoms with E-state index in [9.17, 15) is 9.90 Å². The summed E-state index contributed by atoms with van der Waals surface area (Å²) >= 11 is 1.39. The fraction of sp³-hybridized carbons (Fsp3) is 0.312. The number of anilines is 2. The van der Waals surface area contributed by atoms with E-state index in [2.05, 4.69) is 49.4 Å². The second-order valence-electron chi connectivity index (χ2n) is 10.9. The first-order valence-corrected chi connectivity index (χ1v) is 14.9. The molecule has 0 unspecified atom stereocenters. The summed E-state index contributed by atoms with van der Waals surface area (Å²) < 4.78 is 5.47. The zero-order valence-corrected chi connectivity index (χ0v) is 24.7. The number of carbonyl (C=O) groups excluding carboxylic acids is 1. The molecule has 0 atom stereocenters. The van der Waals surface area contributed by atoms with Gasteiger partial charge in [0.25, 0.3) is 5.91 Å². The van der Waals surface area contributed by atoms with E-state index in [1.165, 1.54) is 16.9 Å². The lowest BCUT2D eigenvalue weighted by Crippen LogP contribution is -2.35. The molecule has 4 aromatic rings. The van der Waals surface area contributed by atoms with Crippen molar-refractivity contribution in [1.82, 2.24) is 14.9 Å². The monoisotopic (exact) mass is 584 g/mol. The highest BCUT2D eigenvalue weighted by Gasteiger charge is 2.17. The number of aliphatic hydroxyl groups is 1. The molecule has 0 spiro atoms. The maximum absolute atomic E-state index is 13.4. The first-order valence-electron chi connectivity index (χ1n) is 14.0. The number of carbonyl (C=O) groups is 1. The Morgan fingerprint density at radius 2 is 1.98 bits per heavy atom. The number of nitrogens with two attached hydrogens (primary N) is 1. The lowest BCUT2D eigenvalue weighted by molar-refractivity contribution is 0.0342. The smallest absolute Gasteiger partial charge is 0.275 e. The fourth-order valence-electron chi connectivity index (χ4n) is 4.58. The Morgan fingerprint density at radius 3 is 2.69 bits per heavy atom. The average molecular weight is 585 g/mol. The number of aliphatic imine (C=N–C) groups is 1. The van der Waals surface area contributed by atoms with Gasteiger partial charge in [0.2, 0.25) is 0 Å². The van der Waals surface area contributed by atoms with Crippen LogP contribution in [0.4, 0.5) is 11.4 Å². The van der Waals surface area contributed by atoms with Gasteiger partial charge in [0.05, 0.1) is 18.8 Å². The van der Waals surface area contributed by atoms with Crippen LogP contribution in [0, 0.1) is 0 Å². The van der Waals surface area contributed by atoms with Crippen LogP contribution in [0.2, 0.25) is 0 Å². The highest BCUT2D eigenvalue weighted by molar-refractivity contribution is 7.13. The van der Waals surface area contributed by atoms with Gasteiger partial charge < -0.3 is 20.9 Å². The Labute approximate surface area is 250 Å². The molecule has 1 fully saturated rings. The quantitative estimate of drug-likeness (QED) is 0.175.